The van der Waals surface area contributed by atoms with Crippen LogP contribution in [0.3, 0.4) is 0 Å². The Hall–Kier alpha value is -1.60. The Morgan fingerprint density at radius 2 is 1.95 bits per heavy atom. The van der Waals surface area contributed by atoms with E-state index in [0.717, 1.165) is 0 Å². The molecule has 0 amide bonds. The van der Waals surface area contributed by atoms with Crippen molar-refractivity contribution >= 4 is 15.8 Å². The molecule has 7 heteroatoms. The van der Waals surface area contributed by atoms with Gasteiger partial charge in [-0.1, -0.05) is 18.2 Å². The molecule has 0 aliphatic rings. The maximum atomic E-state index is 11.9. The van der Waals surface area contributed by atoms with E-state index in [-0.39, 0.29) is 17.9 Å². The van der Waals surface area contributed by atoms with Crippen LogP contribution in [0.2, 0.25) is 0 Å². The van der Waals surface area contributed by atoms with Crippen LogP contribution in [0.25, 0.3) is 0 Å². The number of rotatable bonds is 7. The quantitative estimate of drug-likeness (QED) is 0.744. The van der Waals surface area contributed by atoms with E-state index in [9.17, 15) is 13.2 Å². The van der Waals surface area contributed by atoms with Gasteiger partial charge in [0.2, 0.25) is 0 Å². The van der Waals surface area contributed by atoms with Gasteiger partial charge in [-0.15, -0.1) is 0 Å². The summed E-state index contributed by atoms with van der Waals surface area (Å²) in [4.78, 5) is 11.0. The van der Waals surface area contributed by atoms with E-state index in [1.54, 1.807) is 24.3 Å². The Labute approximate surface area is 118 Å². The van der Waals surface area contributed by atoms with Crippen molar-refractivity contribution in [2.24, 2.45) is 5.73 Å². The number of para-hydroxylation sites is 1. The minimum Gasteiger partial charge on any atom is -0.496 e. The predicted octanol–water partition coefficient (Wildman–Crippen LogP) is 0.673. The first kappa shape index (κ1) is 16.5. The lowest BCUT2D eigenvalue weighted by molar-refractivity contribution is -0.140. The van der Waals surface area contributed by atoms with Gasteiger partial charge in [-0.05, 0) is 6.07 Å². The number of nitrogens with two attached hydrogens (primary N) is 1. The van der Waals surface area contributed by atoms with Gasteiger partial charge in [0, 0.05) is 11.6 Å². The van der Waals surface area contributed by atoms with Gasteiger partial charge >= 0.3 is 5.97 Å². The van der Waals surface area contributed by atoms with Gasteiger partial charge < -0.3 is 15.2 Å². The van der Waals surface area contributed by atoms with Crippen molar-refractivity contribution in [3.05, 3.63) is 29.8 Å². The molecule has 1 unspecified atom stereocenters. The fourth-order valence-electron chi connectivity index (χ4n) is 1.76. The standard InChI is InChI=1S/C13H19NO5S/c1-18-12-6-4-3-5-10(12)11(14)9-20(16,17)8-7-13(15)19-2/h3-6,11H,7-9,14H2,1-2H3. The van der Waals surface area contributed by atoms with Crippen molar-refractivity contribution in [1.29, 1.82) is 0 Å². The summed E-state index contributed by atoms with van der Waals surface area (Å²) in [6.07, 6.45) is -0.169. The molecule has 1 atom stereocenters. The number of hydrogen-bond donors (Lipinski definition) is 1. The average molecular weight is 301 g/mol. The molecule has 0 bridgehead atoms. The van der Waals surface area contributed by atoms with Gasteiger partial charge in [-0.25, -0.2) is 8.42 Å². The minimum absolute atomic E-state index is 0.169. The van der Waals surface area contributed by atoms with E-state index in [1.807, 2.05) is 0 Å². The summed E-state index contributed by atoms with van der Waals surface area (Å²) in [5.41, 5.74) is 6.54. The number of benzene rings is 1. The first-order chi connectivity index (χ1) is 9.39. The number of carbonyl (C=O) groups excluding carboxylic acids is 1. The SMILES string of the molecule is COC(=O)CCS(=O)(=O)CC(N)c1ccccc1OC. The number of carbonyl (C=O) groups is 1. The van der Waals surface area contributed by atoms with Gasteiger partial charge in [0.1, 0.15) is 5.75 Å². The summed E-state index contributed by atoms with van der Waals surface area (Å²) in [5.74, 6) is -0.532. The molecule has 0 saturated carbocycles. The number of ether oxygens (including phenoxy) is 2. The van der Waals surface area contributed by atoms with Crippen molar-refractivity contribution < 1.29 is 22.7 Å². The normalized spacial score (nSPS) is 12.8. The van der Waals surface area contributed by atoms with Gasteiger partial charge in [0.15, 0.2) is 9.84 Å². The first-order valence-corrected chi connectivity index (χ1v) is 7.87. The Balaban J connectivity index is 2.74. The van der Waals surface area contributed by atoms with Crippen molar-refractivity contribution in [3.63, 3.8) is 0 Å². The first-order valence-electron chi connectivity index (χ1n) is 6.05. The van der Waals surface area contributed by atoms with E-state index in [0.29, 0.717) is 11.3 Å². The molecule has 6 nitrogen and oxygen atoms in total. The van der Waals surface area contributed by atoms with E-state index in [4.69, 9.17) is 10.5 Å². The molecule has 0 saturated heterocycles. The number of methoxy groups -OCH3 is 2. The smallest absolute Gasteiger partial charge is 0.306 e. The molecule has 1 rings (SSSR count). The molecule has 1 aromatic rings. The molecule has 0 radical (unpaired) electrons. The Kier molecular flexibility index (Phi) is 5.97. The molecule has 0 spiro atoms. The molecule has 0 fully saturated rings. The van der Waals surface area contributed by atoms with Gasteiger partial charge in [-0.2, -0.15) is 0 Å². The highest BCUT2D eigenvalue weighted by Crippen LogP contribution is 2.24. The summed E-state index contributed by atoms with van der Waals surface area (Å²) >= 11 is 0. The average Bonchev–Trinajstić information content (AvgIpc) is 2.44. The fraction of sp³-hybridized carbons (Fsp3) is 0.462. The van der Waals surface area contributed by atoms with Gasteiger partial charge in [0.25, 0.3) is 0 Å². The van der Waals surface area contributed by atoms with Gasteiger partial charge in [0.05, 0.1) is 32.1 Å². The maximum absolute atomic E-state index is 11.9. The maximum Gasteiger partial charge on any atom is 0.306 e. The second-order valence-electron chi connectivity index (χ2n) is 4.29. The van der Waals surface area contributed by atoms with E-state index >= 15 is 0 Å². The Bertz CT molecular complexity index is 556. The fourth-order valence-corrected chi connectivity index (χ4v) is 3.13. The molecule has 0 heterocycles. The minimum atomic E-state index is -3.44. The zero-order valence-corrected chi connectivity index (χ0v) is 12.4. The lowest BCUT2D eigenvalue weighted by atomic mass is 10.1. The lowest BCUT2D eigenvalue weighted by Gasteiger charge is -2.15. The van der Waals surface area contributed by atoms with Crippen LogP contribution in [-0.2, 0) is 19.4 Å². The van der Waals surface area contributed by atoms with Crippen LogP contribution >= 0.6 is 0 Å². The van der Waals surface area contributed by atoms with Crippen LogP contribution in [0.15, 0.2) is 24.3 Å². The third-order valence-electron chi connectivity index (χ3n) is 2.82. The highest BCUT2D eigenvalue weighted by molar-refractivity contribution is 7.91. The molecule has 0 aliphatic carbocycles. The molecular weight excluding hydrogens is 282 g/mol. The molecule has 112 valence electrons. The molecule has 1 aromatic carbocycles. The highest BCUT2D eigenvalue weighted by atomic mass is 32.2. The van der Waals surface area contributed by atoms with Crippen LogP contribution < -0.4 is 10.5 Å². The van der Waals surface area contributed by atoms with Crippen LogP contribution in [-0.4, -0.2) is 40.1 Å². The zero-order chi connectivity index (χ0) is 15.2. The topological polar surface area (TPSA) is 95.7 Å². The van der Waals surface area contributed by atoms with Crippen molar-refractivity contribution in [2.75, 3.05) is 25.7 Å². The molecule has 2 N–H and O–H groups in total. The van der Waals surface area contributed by atoms with E-state index < -0.39 is 21.8 Å². The summed E-state index contributed by atoms with van der Waals surface area (Å²) < 4.78 is 33.4. The van der Waals surface area contributed by atoms with Crippen LogP contribution in [0.5, 0.6) is 5.75 Å². The van der Waals surface area contributed by atoms with Crippen LogP contribution in [0, 0.1) is 0 Å². The molecule has 20 heavy (non-hydrogen) atoms. The third kappa shape index (κ3) is 4.82. The summed E-state index contributed by atoms with van der Waals surface area (Å²) in [6.45, 7) is 0. The predicted molar refractivity (Wildman–Crippen MR) is 75.2 cm³/mol. The summed E-state index contributed by atoms with van der Waals surface area (Å²) in [7, 11) is -0.725. The zero-order valence-electron chi connectivity index (χ0n) is 11.5. The largest absolute Gasteiger partial charge is 0.496 e. The number of esters is 1. The molecule has 0 aromatic heterocycles. The van der Waals surface area contributed by atoms with Crippen LogP contribution in [0.1, 0.15) is 18.0 Å². The monoisotopic (exact) mass is 301 g/mol. The molecule has 0 aliphatic heterocycles. The third-order valence-corrected chi connectivity index (χ3v) is 4.51. The number of sulfone groups is 1. The Morgan fingerprint density at radius 3 is 2.55 bits per heavy atom. The lowest BCUT2D eigenvalue weighted by Crippen LogP contribution is -2.25. The molecular formula is C13H19NO5S. The van der Waals surface area contributed by atoms with Crippen molar-refractivity contribution in [1.82, 2.24) is 0 Å². The number of hydrogen-bond acceptors (Lipinski definition) is 6. The van der Waals surface area contributed by atoms with E-state index in [1.165, 1.54) is 14.2 Å². The van der Waals surface area contributed by atoms with Crippen molar-refractivity contribution in [2.45, 2.75) is 12.5 Å². The highest BCUT2D eigenvalue weighted by Gasteiger charge is 2.21. The summed E-state index contributed by atoms with van der Waals surface area (Å²) in [5, 5.41) is 0. The van der Waals surface area contributed by atoms with Gasteiger partial charge in [-0.3, -0.25) is 4.79 Å². The second kappa shape index (κ2) is 7.25. The Morgan fingerprint density at radius 1 is 1.30 bits per heavy atom. The second-order valence-corrected chi connectivity index (χ2v) is 6.52. The summed E-state index contributed by atoms with van der Waals surface area (Å²) in [6, 6.07) is 6.28. The van der Waals surface area contributed by atoms with E-state index in [2.05, 4.69) is 4.74 Å². The van der Waals surface area contributed by atoms with Crippen molar-refractivity contribution in [3.8, 4) is 5.75 Å². The van der Waals surface area contributed by atoms with Crippen LogP contribution in [0.4, 0.5) is 0 Å².